The van der Waals surface area contributed by atoms with Gasteiger partial charge in [-0.2, -0.15) is 0 Å². The van der Waals surface area contributed by atoms with Crippen molar-refractivity contribution in [1.29, 1.82) is 0 Å². The van der Waals surface area contributed by atoms with E-state index in [9.17, 15) is 4.79 Å². The Morgan fingerprint density at radius 3 is 2.39 bits per heavy atom. The van der Waals surface area contributed by atoms with Crippen molar-refractivity contribution in [1.82, 2.24) is 14.7 Å². The number of piperidine rings is 2. The fourth-order valence-corrected chi connectivity index (χ4v) is 5.46. The molecule has 3 saturated heterocycles. The molecule has 3 fully saturated rings. The van der Waals surface area contributed by atoms with Gasteiger partial charge in [0.1, 0.15) is 5.75 Å². The van der Waals surface area contributed by atoms with Crippen LogP contribution < -0.4 is 9.64 Å². The topological polar surface area (TPSA) is 48.5 Å². The van der Waals surface area contributed by atoms with E-state index in [-0.39, 0.29) is 6.09 Å². The van der Waals surface area contributed by atoms with E-state index in [1.165, 1.54) is 31.6 Å². The van der Waals surface area contributed by atoms with Gasteiger partial charge in [-0.1, -0.05) is 12.1 Å². The summed E-state index contributed by atoms with van der Waals surface area (Å²) < 4.78 is 10.7. The van der Waals surface area contributed by atoms with Gasteiger partial charge in [0.05, 0.1) is 19.4 Å². The molecule has 1 aromatic rings. The quantitative estimate of drug-likeness (QED) is 0.716. The molecule has 0 aliphatic carbocycles. The molecule has 0 spiro atoms. The Morgan fingerprint density at radius 1 is 0.935 bits per heavy atom. The lowest BCUT2D eigenvalue weighted by Crippen LogP contribution is -2.57. The largest absolute Gasteiger partial charge is 0.495 e. The Morgan fingerprint density at radius 2 is 1.68 bits per heavy atom. The van der Waals surface area contributed by atoms with Crippen molar-refractivity contribution in [2.75, 3.05) is 71.0 Å². The van der Waals surface area contributed by atoms with Gasteiger partial charge in [-0.15, -0.1) is 0 Å². The minimum Gasteiger partial charge on any atom is -0.495 e. The summed E-state index contributed by atoms with van der Waals surface area (Å²) in [6.45, 7) is 10.6. The van der Waals surface area contributed by atoms with Crippen molar-refractivity contribution in [3.05, 3.63) is 24.3 Å². The monoisotopic (exact) mass is 430 g/mol. The summed E-state index contributed by atoms with van der Waals surface area (Å²) in [7, 11) is 1.75. The number of benzene rings is 1. The zero-order chi connectivity index (χ0) is 21.6. The van der Waals surface area contributed by atoms with Crippen LogP contribution in [-0.4, -0.2) is 99.0 Å². The third-order valence-electron chi connectivity index (χ3n) is 7.19. The van der Waals surface area contributed by atoms with Crippen LogP contribution in [0.2, 0.25) is 0 Å². The highest BCUT2D eigenvalue weighted by molar-refractivity contribution is 5.67. The van der Waals surface area contributed by atoms with Crippen LogP contribution in [0.4, 0.5) is 10.5 Å². The maximum atomic E-state index is 12.0. The number of nitrogens with zero attached hydrogens (tertiary/aromatic N) is 4. The Bertz CT molecular complexity index is 715. The summed E-state index contributed by atoms with van der Waals surface area (Å²) in [6.07, 6.45) is 4.55. The number of hydrogen-bond acceptors (Lipinski definition) is 6. The van der Waals surface area contributed by atoms with E-state index in [4.69, 9.17) is 9.47 Å². The Balaban J connectivity index is 1.27. The van der Waals surface area contributed by atoms with Gasteiger partial charge < -0.3 is 19.3 Å². The first-order valence-electron chi connectivity index (χ1n) is 12.0. The molecule has 4 rings (SSSR count). The van der Waals surface area contributed by atoms with Crippen LogP contribution >= 0.6 is 0 Å². The van der Waals surface area contributed by atoms with Crippen molar-refractivity contribution in [2.45, 2.75) is 44.7 Å². The number of hydrogen-bond donors (Lipinski definition) is 0. The summed E-state index contributed by atoms with van der Waals surface area (Å²) >= 11 is 0. The van der Waals surface area contributed by atoms with E-state index in [2.05, 4.69) is 26.8 Å². The van der Waals surface area contributed by atoms with E-state index >= 15 is 0 Å². The number of ether oxygens (including phenoxy) is 2. The third kappa shape index (κ3) is 5.26. The lowest BCUT2D eigenvalue weighted by Gasteiger charge is -2.47. The van der Waals surface area contributed by atoms with Gasteiger partial charge >= 0.3 is 6.09 Å². The molecule has 0 saturated carbocycles. The van der Waals surface area contributed by atoms with Crippen molar-refractivity contribution in [2.24, 2.45) is 0 Å². The average Bonchev–Trinajstić information content (AvgIpc) is 2.84. The molecule has 1 amide bonds. The van der Waals surface area contributed by atoms with Gasteiger partial charge in [0.15, 0.2) is 0 Å². The van der Waals surface area contributed by atoms with Crippen molar-refractivity contribution in [3.8, 4) is 5.75 Å². The van der Waals surface area contributed by atoms with Crippen LogP contribution in [-0.2, 0) is 4.74 Å². The first-order chi connectivity index (χ1) is 15.2. The first-order valence-corrected chi connectivity index (χ1v) is 12.0. The predicted molar refractivity (Wildman–Crippen MR) is 123 cm³/mol. The number of anilines is 1. The Labute approximate surface area is 186 Å². The molecule has 3 heterocycles. The van der Waals surface area contributed by atoms with Crippen molar-refractivity contribution >= 4 is 11.8 Å². The van der Waals surface area contributed by atoms with Crippen LogP contribution in [0.15, 0.2) is 24.3 Å². The summed E-state index contributed by atoms with van der Waals surface area (Å²) in [5.41, 5.74) is 1.21. The number of piperazine rings is 1. The van der Waals surface area contributed by atoms with Gasteiger partial charge in [0.25, 0.3) is 0 Å². The maximum Gasteiger partial charge on any atom is 0.409 e. The molecule has 0 bridgehead atoms. The standard InChI is InChI=1S/C24H38N4O3/c1-3-31-24(29)27-13-10-20(11-14-27)28-12-6-7-21(19-28)25-15-17-26(18-16-25)22-8-4-5-9-23(22)30-2/h4-5,8-9,20-21H,3,6-7,10-19H2,1-2H3. The number of carbonyl (C=O) groups is 1. The van der Waals surface area contributed by atoms with Crippen LogP contribution in [0.25, 0.3) is 0 Å². The highest BCUT2D eigenvalue weighted by Crippen LogP contribution is 2.30. The van der Waals surface area contributed by atoms with Gasteiger partial charge in [0, 0.05) is 57.9 Å². The van der Waals surface area contributed by atoms with E-state index in [0.29, 0.717) is 18.7 Å². The summed E-state index contributed by atoms with van der Waals surface area (Å²) in [5, 5.41) is 0. The number of likely N-dealkylation sites (tertiary alicyclic amines) is 2. The maximum absolute atomic E-state index is 12.0. The van der Waals surface area contributed by atoms with E-state index in [1.807, 2.05) is 24.0 Å². The molecule has 7 heteroatoms. The molecule has 172 valence electrons. The number of rotatable bonds is 5. The van der Waals surface area contributed by atoms with Crippen molar-refractivity contribution in [3.63, 3.8) is 0 Å². The molecule has 0 aromatic heterocycles. The van der Waals surface area contributed by atoms with E-state index < -0.39 is 0 Å². The molecule has 1 atom stereocenters. The lowest BCUT2D eigenvalue weighted by atomic mass is 9.97. The van der Waals surface area contributed by atoms with Gasteiger partial charge in [-0.3, -0.25) is 9.80 Å². The highest BCUT2D eigenvalue weighted by atomic mass is 16.6. The summed E-state index contributed by atoms with van der Waals surface area (Å²) in [4.78, 5) is 21.7. The number of methoxy groups -OCH3 is 1. The van der Waals surface area contributed by atoms with Crippen LogP contribution in [0.1, 0.15) is 32.6 Å². The Kier molecular flexibility index (Phi) is 7.56. The van der Waals surface area contributed by atoms with Gasteiger partial charge in [-0.25, -0.2) is 4.79 Å². The predicted octanol–water partition coefficient (Wildman–Crippen LogP) is 2.90. The molecule has 0 radical (unpaired) electrons. The zero-order valence-corrected chi connectivity index (χ0v) is 19.2. The van der Waals surface area contributed by atoms with Crippen molar-refractivity contribution < 1.29 is 14.3 Å². The SMILES string of the molecule is CCOC(=O)N1CCC(N2CCCC(N3CCN(c4ccccc4OC)CC3)C2)CC1. The second-order valence-corrected chi connectivity index (χ2v) is 8.90. The molecule has 3 aliphatic heterocycles. The molecular formula is C24H38N4O3. The lowest BCUT2D eigenvalue weighted by molar-refractivity contribution is 0.0376. The molecule has 1 aromatic carbocycles. The van der Waals surface area contributed by atoms with Gasteiger partial charge in [0.2, 0.25) is 0 Å². The molecular weight excluding hydrogens is 392 g/mol. The minimum atomic E-state index is -0.148. The minimum absolute atomic E-state index is 0.148. The second kappa shape index (κ2) is 10.6. The summed E-state index contributed by atoms with van der Waals surface area (Å²) in [6, 6.07) is 9.59. The smallest absolute Gasteiger partial charge is 0.409 e. The highest BCUT2D eigenvalue weighted by Gasteiger charge is 2.33. The molecule has 31 heavy (non-hydrogen) atoms. The van der Waals surface area contributed by atoms with Crippen LogP contribution in [0.5, 0.6) is 5.75 Å². The van der Waals surface area contributed by atoms with E-state index in [0.717, 1.165) is 57.9 Å². The van der Waals surface area contributed by atoms with Gasteiger partial charge in [-0.05, 0) is 51.3 Å². The fourth-order valence-electron chi connectivity index (χ4n) is 5.46. The molecule has 0 N–H and O–H groups in total. The number of para-hydroxylation sites is 2. The van der Waals surface area contributed by atoms with Crippen LogP contribution in [0, 0.1) is 0 Å². The zero-order valence-electron chi connectivity index (χ0n) is 19.2. The second-order valence-electron chi connectivity index (χ2n) is 8.90. The third-order valence-corrected chi connectivity index (χ3v) is 7.19. The molecule has 3 aliphatic rings. The molecule has 1 unspecified atom stereocenters. The Hall–Kier alpha value is -1.99. The first kappa shape index (κ1) is 22.2. The average molecular weight is 431 g/mol. The van der Waals surface area contributed by atoms with E-state index in [1.54, 1.807) is 7.11 Å². The number of carbonyl (C=O) groups excluding carboxylic acids is 1. The normalized spacial score (nSPS) is 24.3. The number of amides is 1. The van der Waals surface area contributed by atoms with Crippen LogP contribution in [0.3, 0.4) is 0 Å². The molecule has 7 nitrogen and oxygen atoms in total. The fraction of sp³-hybridized carbons (Fsp3) is 0.708. The summed E-state index contributed by atoms with van der Waals surface area (Å²) in [5.74, 6) is 0.967.